The van der Waals surface area contributed by atoms with E-state index in [1.54, 1.807) is 0 Å². The first-order valence-electron chi connectivity index (χ1n) is 8.55. The monoisotopic (exact) mass is 316 g/mol. The van der Waals surface area contributed by atoms with Crippen molar-refractivity contribution < 1.29 is 9.59 Å². The fraction of sp³-hybridized carbons (Fsp3) is 0.579. The van der Waals surface area contributed by atoms with E-state index >= 15 is 0 Å². The molecule has 23 heavy (non-hydrogen) atoms. The third-order valence-electron chi connectivity index (χ3n) is 4.50. The summed E-state index contributed by atoms with van der Waals surface area (Å²) >= 11 is 0. The molecule has 1 saturated heterocycles. The highest BCUT2D eigenvalue weighted by Crippen LogP contribution is 2.15. The van der Waals surface area contributed by atoms with Crippen LogP contribution in [0.1, 0.15) is 54.6 Å². The minimum Gasteiger partial charge on any atom is -0.341 e. The first-order valence-corrected chi connectivity index (χ1v) is 8.55. The molecule has 1 aromatic rings. The van der Waals surface area contributed by atoms with Crippen molar-refractivity contribution in [3.05, 3.63) is 34.9 Å². The predicted molar refractivity (Wildman–Crippen MR) is 92.4 cm³/mol. The maximum atomic E-state index is 12.7. The Bertz CT molecular complexity index is 575. The molecule has 4 nitrogen and oxygen atoms in total. The number of likely N-dealkylation sites (tertiary alicyclic amines) is 1. The molecule has 126 valence electrons. The molecular weight excluding hydrogens is 288 g/mol. The summed E-state index contributed by atoms with van der Waals surface area (Å²) in [5, 5.41) is 2.96. The zero-order valence-electron chi connectivity index (χ0n) is 14.7. The zero-order chi connectivity index (χ0) is 17.0. The summed E-state index contributed by atoms with van der Waals surface area (Å²) in [4.78, 5) is 27.1. The highest BCUT2D eigenvalue weighted by molar-refractivity contribution is 5.97. The lowest BCUT2D eigenvalue weighted by atomic mass is 10.0. The van der Waals surface area contributed by atoms with Crippen LogP contribution < -0.4 is 5.32 Å². The van der Waals surface area contributed by atoms with Gasteiger partial charge in [0, 0.05) is 18.7 Å². The second-order valence-electron chi connectivity index (χ2n) is 6.99. The summed E-state index contributed by atoms with van der Waals surface area (Å²) in [6.45, 7) is 9.79. The maximum absolute atomic E-state index is 12.7. The molecule has 0 saturated carbocycles. The van der Waals surface area contributed by atoms with Crippen LogP contribution in [0.2, 0.25) is 0 Å². The Labute approximate surface area is 139 Å². The van der Waals surface area contributed by atoms with E-state index in [4.69, 9.17) is 0 Å². The number of rotatable bonds is 5. The molecule has 0 unspecified atom stereocenters. The molecular formula is C19H28N2O2. The molecule has 1 heterocycles. The van der Waals surface area contributed by atoms with Crippen molar-refractivity contribution in [3.8, 4) is 0 Å². The van der Waals surface area contributed by atoms with Gasteiger partial charge in [-0.05, 0) is 62.3 Å². The Morgan fingerprint density at radius 2 is 1.78 bits per heavy atom. The maximum Gasteiger partial charge on any atom is 0.251 e. The minimum atomic E-state index is -0.429. The first kappa shape index (κ1) is 17.5. The van der Waals surface area contributed by atoms with Crippen molar-refractivity contribution in [2.45, 2.75) is 53.0 Å². The van der Waals surface area contributed by atoms with Crippen LogP contribution in [-0.4, -0.2) is 35.8 Å². The van der Waals surface area contributed by atoms with E-state index in [0.717, 1.165) is 37.1 Å². The number of nitrogens with one attached hydrogen (secondary N) is 1. The van der Waals surface area contributed by atoms with Gasteiger partial charge in [0.1, 0.15) is 6.04 Å². The molecule has 1 N–H and O–H groups in total. The van der Waals surface area contributed by atoms with Crippen molar-refractivity contribution in [1.82, 2.24) is 10.2 Å². The molecule has 0 aromatic heterocycles. The summed E-state index contributed by atoms with van der Waals surface area (Å²) in [6.07, 6.45) is 2.79. The molecule has 4 heteroatoms. The molecule has 0 bridgehead atoms. The van der Waals surface area contributed by atoms with Crippen molar-refractivity contribution in [2.24, 2.45) is 5.92 Å². The Balaban J connectivity index is 2.10. The number of carbonyl (C=O) groups is 2. The average Bonchev–Trinajstić information content (AvgIpc) is 3.02. The lowest BCUT2D eigenvalue weighted by Crippen LogP contribution is -2.48. The van der Waals surface area contributed by atoms with Gasteiger partial charge >= 0.3 is 0 Å². The van der Waals surface area contributed by atoms with Gasteiger partial charge in [-0.25, -0.2) is 0 Å². The van der Waals surface area contributed by atoms with Crippen LogP contribution in [-0.2, 0) is 4.79 Å². The Morgan fingerprint density at radius 3 is 2.35 bits per heavy atom. The fourth-order valence-electron chi connectivity index (χ4n) is 2.98. The lowest BCUT2D eigenvalue weighted by molar-refractivity contribution is -0.132. The topological polar surface area (TPSA) is 49.4 Å². The number of amides is 2. The number of benzene rings is 1. The SMILES string of the molecule is Cc1ccc(C(=O)N[C@H](CC(C)C)C(=O)N2CCCC2)cc1C. The van der Waals surface area contributed by atoms with E-state index in [1.807, 2.05) is 36.9 Å². The molecule has 2 amide bonds. The standard InChI is InChI=1S/C19H28N2O2/c1-13(2)11-17(19(23)21-9-5-6-10-21)20-18(22)16-8-7-14(3)15(4)12-16/h7-8,12-13,17H,5-6,9-11H2,1-4H3,(H,20,22)/t17-/m1/s1. The van der Waals surface area contributed by atoms with Crippen LogP contribution in [0.3, 0.4) is 0 Å². The minimum absolute atomic E-state index is 0.0633. The summed E-state index contributed by atoms with van der Waals surface area (Å²) in [7, 11) is 0. The normalized spacial score (nSPS) is 15.8. The Morgan fingerprint density at radius 1 is 1.13 bits per heavy atom. The third kappa shape index (κ3) is 4.57. The van der Waals surface area contributed by atoms with Gasteiger partial charge in [-0.15, -0.1) is 0 Å². The highest BCUT2D eigenvalue weighted by Gasteiger charge is 2.28. The van der Waals surface area contributed by atoms with Gasteiger partial charge in [0.2, 0.25) is 5.91 Å². The lowest BCUT2D eigenvalue weighted by Gasteiger charge is -2.25. The second kappa shape index (κ2) is 7.62. The van der Waals surface area contributed by atoms with E-state index < -0.39 is 6.04 Å². The largest absolute Gasteiger partial charge is 0.341 e. The van der Waals surface area contributed by atoms with Crippen LogP contribution in [0.15, 0.2) is 18.2 Å². The van der Waals surface area contributed by atoms with Gasteiger partial charge in [-0.2, -0.15) is 0 Å². The van der Waals surface area contributed by atoms with E-state index in [1.165, 1.54) is 0 Å². The van der Waals surface area contributed by atoms with Crippen LogP contribution in [0.5, 0.6) is 0 Å². The highest BCUT2D eigenvalue weighted by atomic mass is 16.2. The molecule has 2 rings (SSSR count). The third-order valence-corrected chi connectivity index (χ3v) is 4.50. The van der Waals surface area contributed by atoms with Gasteiger partial charge in [-0.1, -0.05) is 19.9 Å². The smallest absolute Gasteiger partial charge is 0.251 e. The van der Waals surface area contributed by atoms with Gasteiger partial charge < -0.3 is 10.2 Å². The van der Waals surface area contributed by atoms with Gasteiger partial charge in [0.15, 0.2) is 0 Å². The van der Waals surface area contributed by atoms with E-state index in [2.05, 4.69) is 19.2 Å². The van der Waals surface area contributed by atoms with E-state index in [9.17, 15) is 9.59 Å². The molecule has 0 spiro atoms. The van der Waals surface area contributed by atoms with E-state index in [-0.39, 0.29) is 11.8 Å². The van der Waals surface area contributed by atoms with Crippen molar-refractivity contribution in [2.75, 3.05) is 13.1 Å². The second-order valence-corrected chi connectivity index (χ2v) is 6.99. The van der Waals surface area contributed by atoms with Gasteiger partial charge in [-0.3, -0.25) is 9.59 Å². The van der Waals surface area contributed by atoms with Gasteiger partial charge in [0.25, 0.3) is 5.91 Å². The number of aryl methyl sites for hydroxylation is 2. The first-order chi connectivity index (χ1) is 10.9. The number of carbonyl (C=O) groups excluding carboxylic acids is 2. The average molecular weight is 316 g/mol. The fourth-order valence-corrected chi connectivity index (χ4v) is 2.98. The molecule has 0 aliphatic carbocycles. The quantitative estimate of drug-likeness (QED) is 0.907. The number of hydrogen-bond acceptors (Lipinski definition) is 2. The van der Waals surface area contributed by atoms with Crippen LogP contribution >= 0.6 is 0 Å². The number of nitrogens with zero attached hydrogens (tertiary/aromatic N) is 1. The molecule has 0 radical (unpaired) electrons. The summed E-state index contributed by atoms with van der Waals surface area (Å²) in [5.41, 5.74) is 2.87. The summed E-state index contributed by atoms with van der Waals surface area (Å²) in [5.74, 6) is 0.256. The molecule has 1 atom stereocenters. The summed E-state index contributed by atoms with van der Waals surface area (Å²) < 4.78 is 0. The van der Waals surface area contributed by atoms with Crippen LogP contribution in [0.25, 0.3) is 0 Å². The van der Waals surface area contributed by atoms with Gasteiger partial charge in [0.05, 0.1) is 0 Å². The predicted octanol–water partition coefficient (Wildman–Crippen LogP) is 3.07. The van der Waals surface area contributed by atoms with Crippen molar-refractivity contribution in [1.29, 1.82) is 0 Å². The molecule has 1 aliphatic heterocycles. The molecule has 1 fully saturated rings. The molecule has 1 aromatic carbocycles. The Kier molecular flexibility index (Phi) is 5.80. The van der Waals surface area contributed by atoms with Crippen LogP contribution in [0.4, 0.5) is 0 Å². The van der Waals surface area contributed by atoms with Crippen molar-refractivity contribution in [3.63, 3.8) is 0 Å². The zero-order valence-corrected chi connectivity index (χ0v) is 14.7. The van der Waals surface area contributed by atoms with Crippen molar-refractivity contribution >= 4 is 11.8 Å². The van der Waals surface area contributed by atoms with E-state index in [0.29, 0.717) is 17.9 Å². The van der Waals surface area contributed by atoms with Crippen LogP contribution in [0, 0.1) is 19.8 Å². The number of hydrogen-bond donors (Lipinski definition) is 1. The Hall–Kier alpha value is -1.84. The molecule has 1 aliphatic rings. The summed E-state index contributed by atoms with van der Waals surface area (Å²) in [6, 6.07) is 5.23.